The van der Waals surface area contributed by atoms with E-state index >= 15 is 0 Å². The van der Waals surface area contributed by atoms with Crippen molar-refractivity contribution in [3.05, 3.63) is 45.8 Å². The van der Waals surface area contributed by atoms with Crippen LogP contribution in [-0.4, -0.2) is 18.0 Å². The molecule has 0 unspecified atom stereocenters. The summed E-state index contributed by atoms with van der Waals surface area (Å²) < 4.78 is 5.34. The molecular formula is C18H23NO2. The first-order valence-electron chi connectivity index (χ1n) is 7.87. The van der Waals surface area contributed by atoms with Crippen LogP contribution in [0.3, 0.4) is 0 Å². The van der Waals surface area contributed by atoms with Crippen LogP contribution < -0.4 is 5.63 Å². The standard InChI is InChI=1S/C18H23NO2/c1-13-8-9-16-14(11-18(20)21-17(16)10-13)12-19(2)15-6-4-3-5-7-15/h8-11,15H,3-7,12H2,1-2H3. The van der Waals surface area contributed by atoms with Crippen molar-refractivity contribution in [2.45, 2.75) is 51.6 Å². The van der Waals surface area contributed by atoms with Gasteiger partial charge in [-0.3, -0.25) is 4.90 Å². The quantitative estimate of drug-likeness (QED) is 0.803. The summed E-state index contributed by atoms with van der Waals surface area (Å²) in [6, 6.07) is 8.38. The van der Waals surface area contributed by atoms with Crippen molar-refractivity contribution < 1.29 is 4.42 Å². The molecule has 112 valence electrons. The molecule has 1 aliphatic carbocycles. The van der Waals surface area contributed by atoms with Crippen LogP contribution in [-0.2, 0) is 6.54 Å². The van der Waals surface area contributed by atoms with Gasteiger partial charge in [0.05, 0.1) is 0 Å². The van der Waals surface area contributed by atoms with Gasteiger partial charge in [-0.25, -0.2) is 4.79 Å². The van der Waals surface area contributed by atoms with E-state index in [0.29, 0.717) is 11.6 Å². The molecule has 1 heterocycles. The molecule has 1 aromatic carbocycles. The minimum Gasteiger partial charge on any atom is -0.423 e. The Morgan fingerprint density at radius 3 is 2.71 bits per heavy atom. The Morgan fingerprint density at radius 1 is 1.19 bits per heavy atom. The zero-order valence-corrected chi connectivity index (χ0v) is 12.9. The van der Waals surface area contributed by atoms with Gasteiger partial charge >= 0.3 is 5.63 Å². The predicted octanol–water partition coefficient (Wildman–Crippen LogP) is 3.87. The van der Waals surface area contributed by atoms with E-state index < -0.39 is 0 Å². The molecule has 0 N–H and O–H groups in total. The van der Waals surface area contributed by atoms with Crippen molar-refractivity contribution >= 4 is 11.0 Å². The van der Waals surface area contributed by atoms with Gasteiger partial charge in [0.1, 0.15) is 5.58 Å². The van der Waals surface area contributed by atoms with E-state index in [-0.39, 0.29) is 5.63 Å². The molecule has 21 heavy (non-hydrogen) atoms. The fourth-order valence-electron chi connectivity index (χ4n) is 3.39. The van der Waals surface area contributed by atoms with E-state index in [0.717, 1.165) is 23.1 Å². The summed E-state index contributed by atoms with van der Waals surface area (Å²) in [4.78, 5) is 14.2. The third kappa shape index (κ3) is 3.18. The van der Waals surface area contributed by atoms with Gasteiger partial charge in [0.15, 0.2) is 0 Å². The van der Waals surface area contributed by atoms with Crippen LogP contribution in [0, 0.1) is 6.92 Å². The van der Waals surface area contributed by atoms with Crippen molar-refractivity contribution in [3.8, 4) is 0 Å². The van der Waals surface area contributed by atoms with Crippen LogP contribution in [0.1, 0.15) is 43.2 Å². The van der Waals surface area contributed by atoms with Crippen LogP contribution in [0.25, 0.3) is 11.0 Å². The van der Waals surface area contributed by atoms with Gasteiger partial charge in [-0.2, -0.15) is 0 Å². The summed E-state index contributed by atoms with van der Waals surface area (Å²) in [5, 5.41) is 1.06. The van der Waals surface area contributed by atoms with Crippen molar-refractivity contribution in [2.75, 3.05) is 7.05 Å². The number of aryl methyl sites for hydroxylation is 1. The molecule has 0 saturated heterocycles. The molecule has 1 fully saturated rings. The SMILES string of the molecule is Cc1ccc2c(CN(C)C3CCCCC3)cc(=O)oc2c1. The Bertz CT molecular complexity index is 683. The first-order valence-corrected chi connectivity index (χ1v) is 7.87. The third-order valence-corrected chi connectivity index (χ3v) is 4.60. The number of benzene rings is 1. The third-order valence-electron chi connectivity index (χ3n) is 4.60. The zero-order valence-electron chi connectivity index (χ0n) is 12.9. The van der Waals surface area contributed by atoms with Crippen LogP contribution in [0.2, 0.25) is 0 Å². The molecule has 1 saturated carbocycles. The van der Waals surface area contributed by atoms with Crippen LogP contribution in [0.5, 0.6) is 0 Å². The first-order chi connectivity index (χ1) is 10.1. The summed E-state index contributed by atoms with van der Waals surface area (Å²) in [5.74, 6) is 0. The fourth-order valence-corrected chi connectivity index (χ4v) is 3.39. The second-order valence-electron chi connectivity index (χ2n) is 6.30. The number of hydrogen-bond donors (Lipinski definition) is 0. The monoisotopic (exact) mass is 285 g/mol. The summed E-state index contributed by atoms with van der Waals surface area (Å²) in [6.45, 7) is 2.83. The second kappa shape index (κ2) is 6.02. The van der Waals surface area contributed by atoms with Crippen LogP contribution >= 0.6 is 0 Å². The van der Waals surface area contributed by atoms with Gasteiger partial charge in [-0.1, -0.05) is 31.4 Å². The van der Waals surface area contributed by atoms with E-state index in [1.54, 1.807) is 6.07 Å². The molecule has 0 bridgehead atoms. The van der Waals surface area contributed by atoms with Gasteiger partial charge in [-0.15, -0.1) is 0 Å². The Morgan fingerprint density at radius 2 is 1.95 bits per heavy atom. The lowest BCUT2D eigenvalue weighted by Crippen LogP contribution is -2.33. The highest BCUT2D eigenvalue weighted by Crippen LogP contribution is 2.25. The molecule has 1 aliphatic rings. The highest BCUT2D eigenvalue weighted by atomic mass is 16.4. The molecule has 0 atom stereocenters. The molecule has 0 aliphatic heterocycles. The molecular weight excluding hydrogens is 262 g/mol. The summed E-state index contributed by atoms with van der Waals surface area (Å²) in [5.41, 5.74) is 2.65. The summed E-state index contributed by atoms with van der Waals surface area (Å²) in [7, 11) is 2.17. The van der Waals surface area contributed by atoms with E-state index in [4.69, 9.17) is 4.42 Å². The van der Waals surface area contributed by atoms with Crippen molar-refractivity contribution in [2.24, 2.45) is 0 Å². The summed E-state index contributed by atoms with van der Waals surface area (Å²) in [6.07, 6.45) is 6.56. The fraction of sp³-hybridized carbons (Fsp3) is 0.500. The highest BCUT2D eigenvalue weighted by molar-refractivity contribution is 5.80. The average Bonchev–Trinajstić information content (AvgIpc) is 2.47. The van der Waals surface area contributed by atoms with E-state index in [9.17, 15) is 4.79 Å². The Kier molecular flexibility index (Phi) is 4.11. The van der Waals surface area contributed by atoms with Crippen molar-refractivity contribution in [1.29, 1.82) is 0 Å². The van der Waals surface area contributed by atoms with Gasteiger partial charge in [0.2, 0.25) is 0 Å². The summed E-state index contributed by atoms with van der Waals surface area (Å²) >= 11 is 0. The molecule has 0 spiro atoms. The molecule has 2 aromatic rings. The lowest BCUT2D eigenvalue weighted by atomic mass is 9.94. The molecule has 3 rings (SSSR count). The second-order valence-corrected chi connectivity index (χ2v) is 6.30. The van der Waals surface area contributed by atoms with Crippen LogP contribution in [0.4, 0.5) is 0 Å². The van der Waals surface area contributed by atoms with Crippen molar-refractivity contribution in [3.63, 3.8) is 0 Å². The largest absolute Gasteiger partial charge is 0.423 e. The smallest absolute Gasteiger partial charge is 0.336 e. The van der Waals surface area contributed by atoms with Crippen LogP contribution in [0.15, 0.2) is 33.5 Å². The number of rotatable bonds is 3. The lowest BCUT2D eigenvalue weighted by Gasteiger charge is -2.31. The maximum absolute atomic E-state index is 11.8. The molecule has 3 heteroatoms. The maximum atomic E-state index is 11.8. The first kappa shape index (κ1) is 14.3. The Hall–Kier alpha value is -1.61. The van der Waals surface area contributed by atoms with Gasteiger partial charge in [0, 0.05) is 24.0 Å². The topological polar surface area (TPSA) is 33.5 Å². The number of fused-ring (bicyclic) bond motifs is 1. The molecule has 0 radical (unpaired) electrons. The van der Waals surface area contributed by atoms with Gasteiger partial charge in [0.25, 0.3) is 0 Å². The van der Waals surface area contributed by atoms with Crippen molar-refractivity contribution in [1.82, 2.24) is 4.90 Å². The Labute approximate surface area is 125 Å². The lowest BCUT2D eigenvalue weighted by molar-refractivity contribution is 0.185. The van der Waals surface area contributed by atoms with Gasteiger partial charge < -0.3 is 4.42 Å². The number of hydrogen-bond acceptors (Lipinski definition) is 3. The zero-order chi connectivity index (χ0) is 14.8. The highest BCUT2D eigenvalue weighted by Gasteiger charge is 2.19. The minimum absolute atomic E-state index is 0.250. The Balaban J connectivity index is 1.90. The molecule has 0 amide bonds. The molecule has 3 nitrogen and oxygen atoms in total. The maximum Gasteiger partial charge on any atom is 0.336 e. The number of nitrogens with zero attached hydrogens (tertiary/aromatic N) is 1. The predicted molar refractivity (Wildman–Crippen MR) is 85.6 cm³/mol. The minimum atomic E-state index is -0.250. The normalized spacial score (nSPS) is 16.7. The molecule has 1 aromatic heterocycles. The van der Waals surface area contributed by atoms with E-state index in [1.165, 1.54) is 32.1 Å². The van der Waals surface area contributed by atoms with E-state index in [2.05, 4.69) is 24.1 Å². The van der Waals surface area contributed by atoms with Gasteiger partial charge in [-0.05, 0) is 44.0 Å². The average molecular weight is 285 g/mol. The van der Waals surface area contributed by atoms with E-state index in [1.807, 2.05) is 13.0 Å².